The van der Waals surface area contributed by atoms with Crippen LogP contribution >= 0.6 is 0 Å². The molecule has 1 heterocycles. The third-order valence-electron chi connectivity index (χ3n) is 3.12. The van der Waals surface area contributed by atoms with Gasteiger partial charge in [0.05, 0.1) is 5.69 Å². The Morgan fingerprint density at radius 2 is 2.00 bits per heavy atom. The number of hydrogen-bond acceptors (Lipinski definition) is 4. The highest BCUT2D eigenvalue weighted by atomic mass is 19.3. The second kappa shape index (κ2) is 6.19. The van der Waals surface area contributed by atoms with E-state index in [1.165, 1.54) is 38.1 Å². The summed E-state index contributed by atoms with van der Waals surface area (Å²) < 4.78 is 28.9. The number of nitrogens with one attached hydrogen (secondary N) is 2. The molecule has 0 spiro atoms. The molecule has 1 aromatic carbocycles. The summed E-state index contributed by atoms with van der Waals surface area (Å²) in [5.41, 5.74) is -1.07. The molecule has 2 rings (SSSR count). The summed E-state index contributed by atoms with van der Waals surface area (Å²) in [6.45, 7) is -0.551. The zero-order valence-electron chi connectivity index (χ0n) is 12.4. The van der Waals surface area contributed by atoms with Crippen molar-refractivity contribution in [1.29, 1.82) is 0 Å². The molecule has 0 unspecified atom stereocenters. The summed E-state index contributed by atoms with van der Waals surface area (Å²) >= 11 is 0. The monoisotopic (exact) mass is 327 g/mol. The number of urea groups is 1. The van der Waals surface area contributed by atoms with Gasteiger partial charge in [-0.2, -0.15) is 8.78 Å². The SMILES string of the molecule is CC1(C)NC(=O)N(CC(=O)Nc2ccccc2OC(F)F)C1=O. The second-order valence-corrected chi connectivity index (χ2v) is 5.37. The summed E-state index contributed by atoms with van der Waals surface area (Å²) in [6.07, 6.45) is 0. The molecule has 1 aliphatic heterocycles. The molecular weight excluding hydrogens is 312 g/mol. The molecule has 9 heteroatoms. The van der Waals surface area contributed by atoms with Crippen molar-refractivity contribution in [2.45, 2.75) is 26.0 Å². The standard InChI is InChI=1S/C14H15F2N3O4/c1-14(2)11(21)19(13(22)18-14)7-10(20)17-8-5-3-4-6-9(8)23-12(15)16/h3-6,12H,7H2,1-2H3,(H,17,20)(H,18,22). The molecule has 4 amide bonds. The lowest BCUT2D eigenvalue weighted by atomic mass is 10.1. The maximum Gasteiger partial charge on any atom is 0.387 e. The molecule has 0 bridgehead atoms. The largest absolute Gasteiger partial charge is 0.433 e. The van der Waals surface area contributed by atoms with Gasteiger partial charge in [0.15, 0.2) is 0 Å². The number of anilines is 1. The summed E-state index contributed by atoms with van der Waals surface area (Å²) in [7, 11) is 0. The van der Waals surface area contributed by atoms with Crippen LogP contribution < -0.4 is 15.4 Å². The van der Waals surface area contributed by atoms with E-state index < -0.39 is 36.5 Å². The van der Waals surface area contributed by atoms with Gasteiger partial charge in [-0.15, -0.1) is 0 Å². The number of halogens is 2. The minimum atomic E-state index is -3.04. The molecule has 2 N–H and O–H groups in total. The van der Waals surface area contributed by atoms with Crippen LogP contribution in [0.1, 0.15) is 13.8 Å². The molecule has 1 fully saturated rings. The number of nitrogens with zero attached hydrogens (tertiary/aromatic N) is 1. The molecule has 0 aliphatic carbocycles. The Labute approximate surface area is 130 Å². The highest BCUT2D eigenvalue weighted by molar-refractivity contribution is 6.09. The van der Waals surface area contributed by atoms with E-state index >= 15 is 0 Å². The number of ether oxygens (including phenoxy) is 1. The van der Waals surface area contributed by atoms with E-state index in [-0.39, 0.29) is 11.4 Å². The van der Waals surface area contributed by atoms with Gasteiger partial charge in [0.2, 0.25) is 5.91 Å². The van der Waals surface area contributed by atoms with Crippen LogP contribution in [0.2, 0.25) is 0 Å². The lowest BCUT2D eigenvalue weighted by molar-refractivity contribution is -0.132. The van der Waals surface area contributed by atoms with Crippen LogP contribution in [0.4, 0.5) is 19.3 Å². The minimum Gasteiger partial charge on any atom is -0.433 e. The normalized spacial score (nSPS) is 16.5. The third-order valence-corrected chi connectivity index (χ3v) is 3.12. The molecule has 1 aliphatic rings. The first-order chi connectivity index (χ1) is 10.7. The molecule has 0 atom stereocenters. The Morgan fingerprint density at radius 1 is 1.35 bits per heavy atom. The fourth-order valence-corrected chi connectivity index (χ4v) is 2.06. The maximum absolute atomic E-state index is 12.3. The summed E-state index contributed by atoms with van der Waals surface area (Å²) in [6, 6.07) is 4.93. The number of amides is 4. The molecule has 23 heavy (non-hydrogen) atoms. The van der Waals surface area contributed by atoms with Crippen LogP contribution in [-0.4, -0.2) is 41.4 Å². The predicted molar refractivity (Wildman–Crippen MR) is 76.0 cm³/mol. The van der Waals surface area contributed by atoms with E-state index in [0.717, 1.165) is 4.90 Å². The Kier molecular flexibility index (Phi) is 4.48. The van der Waals surface area contributed by atoms with Crippen molar-refractivity contribution in [3.63, 3.8) is 0 Å². The van der Waals surface area contributed by atoms with E-state index in [1.807, 2.05) is 0 Å². The Balaban J connectivity index is 2.06. The first kappa shape index (κ1) is 16.7. The van der Waals surface area contributed by atoms with Crippen LogP contribution in [0, 0.1) is 0 Å². The van der Waals surface area contributed by atoms with E-state index in [9.17, 15) is 23.2 Å². The first-order valence-corrected chi connectivity index (χ1v) is 6.68. The van der Waals surface area contributed by atoms with Gasteiger partial charge in [-0.3, -0.25) is 14.5 Å². The van der Waals surface area contributed by atoms with E-state index in [4.69, 9.17) is 0 Å². The van der Waals surface area contributed by atoms with E-state index in [2.05, 4.69) is 15.4 Å². The Morgan fingerprint density at radius 3 is 2.57 bits per heavy atom. The second-order valence-electron chi connectivity index (χ2n) is 5.37. The van der Waals surface area contributed by atoms with E-state index in [1.54, 1.807) is 0 Å². The molecule has 0 aromatic heterocycles. The van der Waals surface area contributed by atoms with Crippen LogP contribution in [0.25, 0.3) is 0 Å². The smallest absolute Gasteiger partial charge is 0.387 e. The summed E-state index contributed by atoms with van der Waals surface area (Å²) in [5, 5.41) is 4.77. The zero-order valence-corrected chi connectivity index (χ0v) is 12.4. The fraction of sp³-hybridized carbons (Fsp3) is 0.357. The topological polar surface area (TPSA) is 87.7 Å². The maximum atomic E-state index is 12.3. The van der Waals surface area contributed by atoms with Gasteiger partial charge in [0, 0.05) is 0 Å². The van der Waals surface area contributed by atoms with Gasteiger partial charge < -0.3 is 15.4 Å². The average Bonchev–Trinajstić information content (AvgIpc) is 2.62. The van der Waals surface area contributed by atoms with E-state index in [0.29, 0.717) is 0 Å². The number of benzene rings is 1. The van der Waals surface area contributed by atoms with Crippen LogP contribution in [0.3, 0.4) is 0 Å². The summed E-state index contributed by atoms with van der Waals surface area (Å²) in [4.78, 5) is 36.4. The van der Waals surface area contributed by atoms with Crippen molar-refractivity contribution < 1.29 is 27.9 Å². The molecule has 0 radical (unpaired) electrons. The lowest BCUT2D eigenvalue weighted by Gasteiger charge is -2.16. The van der Waals surface area contributed by atoms with Gasteiger partial charge in [0.25, 0.3) is 5.91 Å². The van der Waals surface area contributed by atoms with Gasteiger partial charge in [-0.05, 0) is 26.0 Å². The number of imide groups is 1. The number of carbonyl (C=O) groups is 3. The average molecular weight is 327 g/mol. The highest BCUT2D eigenvalue weighted by Crippen LogP contribution is 2.25. The van der Waals surface area contributed by atoms with Crippen LogP contribution in [0.5, 0.6) is 5.75 Å². The Hall–Kier alpha value is -2.71. The van der Waals surface area contributed by atoms with Crippen molar-refractivity contribution >= 4 is 23.5 Å². The number of hydrogen-bond donors (Lipinski definition) is 2. The zero-order chi connectivity index (χ0) is 17.2. The molecule has 0 saturated carbocycles. The quantitative estimate of drug-likeness (QED) is 0.803. The van der Waals surface area contributed by atoms with Crippen molar-refractivity contribution in [3.05, 3.63) is 24.3 Å². The number of para-hydroxylation sites is 2. The third kappa shape index (κ3) is 3.74. The summed E-state index contributed by atoms with van der Waals surface area (Å²) in [5.74, 6) is -1.47. The van der Waals surface area contributed by atoms with Crippen molar-refractivity contribution in [2.75, 3.05) is 11.9 Å². The fourth-order valence-electron chi connectivity index (χ4n) is 2.06. The highest BCUT2D eigenvalue weighted by Gasteiger charge is 2.44. The van der Waals surface area contributed by atoms with Gasteiger partial charge >= 0.3 is 12.6 Å². The molecule has 1 saturated heterocycles. The van der Waals surface area contributed by atoms with Gasteiger partial charge in [0.1, 0.15) is 17.8 Å². The van der Waals surface area contributed by atoms with Crippen molar-refractivity contribution in [3.8, 4) is 5.75 Å². The molecule has 7 nitrogen and oxygen atoms in total. The lowest BCUT2D eigenvalue weighted by Crippen LogP contribution is -2.41. The van der Waals surface area contributed by atoms with Crippen LogP contribution in [0.15, 0.2) is 24.3 Å². The molecule has 1 aromatic rings. The first-order valence-electron chi connectivity index (χ1n) is 6.68. The number of alkyl halides is 2. The van der Waals surface area contributed by atoms with Gasteiger partial charge in [-0.1, -0.05) is 12.1 Å². The number of carbonyl (C=O) groups excluding carboxylic acids is 3. The molecule has 124 valence electrons. The predicted octanol–water partition coefficient (Wildman–Crippen LogP) is 1.56. The minimum absolute atomic E-state index is 0.0177. The molecular formula is C14H15F2N3O4. The Bertz CT molecular complexity index is 649. The van der Waals surface area contributed by atoms with Crippen molar-refractivity contribution in [2.24, 2.45) is 0 Å². The van der Waals surface area contributed by atoms with Crippen LogP contribution in [-0.2, 0) is 9.59 Å². The van der Waals surface area contributed by atoms with Crippen molar-refractivity contribution in [1.82, 2.24) is 10.2 Å². The van der Waals surface area contributed by atoms with Gasteiger partial charge in [-0.25, -0.2) is 4.79 Å². The number of rotatable bonds is 5.